The topological polar surface area (TPSA) is 115 Å². The summed E-state index contributed by atoms with van der Waals surface area (Å²) in [7, 11) is -0.906. The van der Waals surface area contributed by atoms with Crippen LogP contribution in [0.15, 0.2) is 30.5 Å². The van der Waals surface area contributed by atoms with Crippen molar-refractivity contribution in [2.24, 2.45) is 0 Å². The first-order valence-electron chi connectivity index (χ1n) is 9.41. The maximum absolute atomic E-state index is 13.7. The minimum Gasteiger partial charge on any atom is -0.267 e. The number of hydrogen-bond donors (Lipinski definition) is 0. The number of rotatable bonds is 3. The summed E-state index contributed by atoms with van der Waals surface area (Å²) in [5.41, 5.74) is 1.06. The number of hydrogen-bond acceptors (Lipinski definition) is 7. The number of nitrogens with zero attached hydrogens (tertiary/aromatic N) is 6. The monoisotopic (exact) mass is 427 g/mol. The van der Waals surface area contributed by atoms with Gasteiger partial charge in [-0.25, -0.2) is 22.4 Å². The number of pyridine rings is 1. The molecule has 1 spiro atoms. The van der Waals surface area contributed by atoms with Gasteiger partial charge in [-0.05, 0) is 24.3 Å². The number of fused-ring (bicyclic) bond motifs is 2. The van der Waals surface area contributed by atoms with E-state index in [1.54, 1.807) is 24.4 Å². The van der Waals surface area contributed by atoms with Gasteiger partial charge in [0.15, 0.2) is 6.04 Å². The Hall–Kier alpha value is -2.91. The van der Waals surface area contributed by atoms with Crippen LogP contribution in [0.5, 0.6) is 0 Å². The van der Waals surface area contributed by atoms with Crippen LogP contribution in [0.4, 0.5) is 10.5 Å². The highest BCUT2D eigenvalue weighted by atomic mass is 32.2. The van der Waals surface area contributed by atoms with Crippen LogP contribution in [0, 0.1) is 11.3 Å². The molecule has 30 heavy (non-hydrogen) atoms. The van der Waals surface area contributed by atoms with Crippen LogP contribution in [0.3, 0.4) is 0 Å². The van der Waals surface area contributed by atoms with Crippen molar-refractivity contribution in [1.29, 1.82) is 5.26 Å². The number of imide groups is 1. The minimum absolute atomic E-state index is 0.190. The predicted octanol–water partition coefficient (Wildman–Crippen LogP) is 0.263. The molecule has 4 atom stereocenters. The van der Waals surface area contributed by atoms with Gasteiger partial charge in [0.25, 0.3) is 15.9 Å². The molecule has 4 unspecified atom stereocenters. The van der Waals surface area contributed by atoms with E-state index in [-0.39, 0.29) is 13.2 Å². The van der Waals surface area contributed by atoms with Crippen molar-refractivity contribution in [3.63, 3.8) is 0 Å². The Balaban J connectivity index is 1.69. The van der Waals surface area contributed by atoms with Crippen molar-refractivity contribution in [2.75, 3.05) is 38.8 Å². The van der Waals surface area contributed by atoms with Gasteiger partial charge < -0.3 is 0 Å². The highest BCUT2D eigenvalue weighted by Crippen LogP contribution is 2.46. The molecule has 0 N–H and O–H groups in total. The number of piperazine rings is 1. The summed E-state index contributed by atoms with van der Waals surface area (Å²) >= 11 is 0. The summed E-state index contributed by atoms with van der Waals surface area (Å²) in [5.74, 6) is -0.420. The van der Waals surface area contributed by atoms with Crippen LogP contribution in [-0.4, -0.2) is 84.3 Å². The summed E-state index contributed by atoms with van der Waals surface area (Å²) in [6.45, 7) is 0.739. The van der Waals surface area contributed by atoms with Crippen LogP contribution in [0.1, 0.15) is 5.56 Å². The zero-order valence-corrected chi connectivity index (χ0v) is 17.2. The van der Waals surface area contributed by atoms with E-state index in [4.69, 9.17) is 0 Å². The van der Waals surface area contributed by atoms with E-state index in [2.05, 4.69) is 11.1 Å². The number of carbonyl (C=O) groups is 2. The fraction of sp³-hybridized carbons (Fsp3) is 0.368. The number of carbonyl (C=O) groups excluding carboxylic acids is 2. The van der Waals surface area contributed by atoms with E-state index >= 15 is 0 Å². The van der Waals surface area contributed by atoms with Gasteiger partial charge >= 0.3 is 6.03 Å². The number of anilines is 1. The Morgan fingerprint density at radius 3 is 2.70 bits per heavy atom. The average molecular weight is 427 g/mol. The molecule has 11 heteroatoms. The Kier molecular flexibility index (Phi) is 3.85. The number of benzene rings is 1. The van der Waals surface area contributed by atoms with Crippen molar-refractivity contribution < 1.29 is 22.5 Å². The second kappa shape index (κ2) is 6.05. The number of aromatic nitrogens is 1. The van der Waals surface area contributed by atoms with Crippen LogP contribution in [0.2, 0.25) is 0 Å². The van der Waals surface area contributed by atoms with E-state index in [1.165, 1.54) is 20.2 Å². The fourth-order valence-electron chi connectivity index (χ4n) is 4.93. The van der Waals surface area contributed by atoms with E-state index < -0.39 is 37.9 Å². The summed E-state index contributed by atoms with van der Waals surface area (Å²) in [4.78, 5) is 34.3. The van der Waals surface area contributed by atoms with Crippen molar-refractivity contribution in [2.45, 2.75) is 11.4 Å². The van der Waals surface area contributed by atoms with Gasteiger partial charge in [-0.15, -0.1) is 0 Å². The fourth-order valence-corrected chi connectivity index (χ4v) is 6.59. The first-order valence-corrected chi connectivity index (χ1v) is 10.9. The molecule has 3 aliphatic heterocycles. The molecule has 2 bridgehead atoms. The Morgan fingerprint density at radius 2 is 2.00 bits per heavy atom. The lowest BCUT2D eigenvalue weighted by atomic mass is 10.1. The SMILES string of the molecule is CN(C)S(=O)(=O)C1CN2CC3C(=O)N(c4ccc(C#N)c5ncccc45)C(=O)[N+]31C2. The molecule has 1 aromatic carbocycles. The summed E-state index contributed by atoms with van der Waals surface area (Å²) < 4.78 is 26.7. The highest BCUT2D eigenvalue weighted by Gasteiger charge is 2.75. The zero-order valence-electron chi connectivity index (χ0n) is 16.4. The number of nitriles is 1. The van der Waals surface area contributed by atoms with Gasteiger partial charge in [0.1, 0.15) is 12.7 Å². The number of amides is 3. The van der Waals surface area contributed by atoms with Crippen molar-refractivity contribution in [3.8, 4) is 6.07 Å². The van der Waals surface area contributed by atoms with Crippen LogP contribution in [-0.2, 0) is 14.8 Å². The second-order valence-corrected chi connectivity index (χ2v) is 10.3. The molecule has 10 nitrogen and oxygen atoms in total. The Bertz CT molecular complexity index is 1270. The number of quaternary nitrogens is 1. The maximum atomic E-state index is 13.7. The third-order valence-electron chi connectivity index (χ3n) is 6.36. The van der Waals surface area contributed by atoms with Crippen LogP contribution in [0.25, 0.3) is 10.9 Å². The molecule has 0 saturated carbocycles. The van der Waals surface area contributed by atoms with Crippen LogP contribution >= 0.6 is 0 Å². The lowest BCUT2D eigenvalue weighted by Crippen LogP contribution is -2.63. The lowest BCUT2D eigenvalue weighted by Gasteiger charge is -2.34. The Morgan fingerprint density at radius 1 is 1.23 bits per heavy atom. The molecular formula is C19H19N6O4S+. The lowest BCUT2D eigenvalue weighted by molar-refractivity contribution is -0.848. The molecule has 3 aliphatic rings. The van der Waals surface area contributed by atoms with Gasteiger partial charge in [-0.3, -0.25) is 9.78 Å². The number of urea groups is 1. The van der Waals surface area contributed by atoms with Crippen LogP contribution < -0.4 is 4.90 Å². The largest absolute Gasteiger partial charge is 0.433 e. The molecule has 2 aromatic rings. The molecule has 5 rings (SSSR count). The molecule has 4 heterocycles. The third kappa shape index (κ3) is 2.16. The third-order valence-corrected chi connectivity index (χ3v) is 8.59. The highest BCUT2D eigenvalue weighted by molar-refractivity contribution is 7.89. The van der Waals surface area contributed by atoms with E-state index in [0.717, 1.165) is 9.21 Å². The first kappa shape index (κ1) is 19.1. The van der Waals surface area contributed by atoms with Crippen molar-refractivity contribution in [1.82, 2.24) is 14.2 Å². The summed E-state index contributed by atoms with van der Waals surface area (Å²) in [5, 5.41) is 8.84. The van der Waals surface area contributed by atoms with Gasteiger partial charge in [-0.1, -0.05) is 0 Å². The molecule has 3 saturated heterocycles. The normalized spacial score (nSPS) is 30.3. The Labute approximate surface area is 173 Å². The van der Waals surface area contributed by atoms with E-state index in [1.807, 2.05) is 4.90 Å². The molecule has 154 valence electrons. The van der Waals surface area contributed by atoms with Crippen molar-refractivity contribution >= 4 is 38.6 Å². The molecule has 1 aromatic heterocycles. The van der Waals surface area contributed by atoms with E-state index in [0.29, 0.717) is 28.7 Å². The maximum Gasteiger partial charge on any atom is 0.433 e. The molecule has 3 amide bonds. The van der Waals surface area contributed by atoms with E-state index in [9.17, 15) is 23.3 Å². The van der Waals surface area contributed by atoms with Gasteiger partial charge in [0.05, 0.1) is 29.9 Å². The van der Waals surface area contributed by atoms with Gasteiger partial charge in [0.2, 0.25) is 5.37 Å². The van der Waals surface area contributed by atoms with Gasteiger partial charge in [0, 0.05) is 25.7 Å². The molecule has 0 aliphatic carbocycles. The smallest absolute Gasteiger partial charge is 0.267 e. The molecule has 0 radical (unpaired) electrons. The summed E-state index contributed by atoms with van der Waals surface area (Å²) in [6.07, 6.45) is 1.54. The second-order valence-electron chi connectivity index (χ2n) is 8.01. The first-order chi connectivity index (χ1) is 14.2. The summed E-state index contributed by atoms with van der Waals surface area (Å²) in [6, 6.07) is 7.21. The van der Waals surface area contributed by atoms with Crippen molar-refractivity contribution in [3.05, 3.63) is 36.0 Å². The minimum atomic E-state index is -3.78. The quantitative estimate of drug-likeness (QED) is 0.510. The molecular weight excluding hydrogens is 408 g/mol. The van der Waals surface area contributed by atoms with Gasteiger partial charge in [-0.2, -0.15) is 14.6 Å². The average Bonchev–Trinajstić information content (AvgIpc) is 3.36. The standard InChI is InChI=1S/C19H19N6O4S/c1-22(2)30(28,29)16-10-23-9-15-18(26)24(19(27)25(15,16)11-23)14-6-5-12(8-20)17-13(14)4-3-7-21-17/h3-7,15-16H,9-11H2,1-2H3/q+1. The predicted molar refractivity (Wildman–Crippen MR) is 106 cm³/mol. The molecule has 3 fully saturated rings. The number of sulfonamides is 1. The zero-order chi connectivity index (χ0) is 21.4.